The predicted molar refractivity (Wildman–Crippen MR) is 85.9 cm³/mol. The molecule has 114 valence electrons. The largest absolute Gasteiger partial charge is 0.352 e. The Morgan fingerprint density at radius 3 is 2.67 bits per heavy atom. The summed E-state index contributed by atoms with van der Waals surface area (Å²) in [4.78, 5) is 25.5. The molecular formula is C16H21BrN2O2. The number of carbonyl (C=O) groups is 2. The van der Waals surface area contributed by atoms with Gasteiger partial charge in [0, 0.05) is 24.0 Å². The molecule has 1 fully saturated rings. The molecule has 0 saturated carbocycles. The molecular weight excluding hydrogens is 332 g/mol. The Morgan fingerprint density at radius 2 is 2.05 bits per heavy atom. The van der Waals surface area contributed by atoms with Crippen LogP contribution in [0.25, 0.3) is 0 Å². The number of hydrogen-bond donors (Lipinski definition) is 1. The summed E-state index contributed by atoms with van der Waals surface area (Å²) in [5.74, 6) is -0.0551. The lowest BCUT2D eigenvalue weighted by molar-refractivity contribution is -0.137. The van der Waals surface area contributed by atoms with Gasteiger partial charge in [0.1, 0.15) is 6.04 Å². The highest BCUT2D eigenvalue weighted by Crippen LogP contribution is 2.18. The SMILES string of the molecule is CC(=O)N1CCC[C@@H]1C(=O)N[C@H](C)Cc1ccc(Br)cc1. The number of halogens is 1. The lowest BCUT2D eigenvalue weighted by atomic mass is 10.1. The molecule has 0 aliphatic carbocycles. The van der Waals surface area contributed by atoms with Crippen LogP contribution in [0.1, 0.15) is 32.3 Å². The number of rotatable bonds is 4. The number of likely N-dealkylation sites (tertiary alicyclic amines) is 1. The molecule has 5 heteroatoms. The standard InChI is InChI=1S/C16H21BrN2O2/c1-11(10-13-5-7-14(17)8-6-13)18-16(21)15-4-3-9-19(15)12(2)20/h5-8,11,15H,3-4,9-10H2,1-2H3,(H,18,21)/t11-,15-/m1/s1. The summed E-state index contributed by atoms with van der Waals surface area (Å²) in [6, 6.07) is 7.84. The smallest absolute Gasteiger partial charge is 0.243 e. The van der Waals surface area contributed by atoms with E-state index >= 15 is 0 Å². The summed E-state index contributed by atoms with van der Waals surface area (Å²) < 4.78 is 1.05. The van der Waals surface area contributed by atoms with E-state index in [9.17, 15) is 9.59 Å². The maximum absolute atomic E-state index is 12.3. The Morgan fingerprint density at radius 1 is 1.38 bits per heavy atom. The first-order chi connectivity index (χ1) is 9.97. The van der Waals surface area contributed by atoms with Crippen molar-refractivity contribution in [2.45, 2.75) is 45.2 Å². The summed E-state index contributed by atoms with van der Waals surface area (Å²) >= 11 is 3.41. The van der Waals surface area contributed by atoms with Gasteiger partial charge >= 0.3 is 0 Å². The van der Waals surface area contributed by atoms with Crippen LogP contribution in [0.2, 0.25) is 0 Å². The normalized spacial score (nSPS) is 19.4. The van der Waals surface area contributed by atoms with Gasteiger partial charge in [-0.05, 0) is 43.9 Å². The fourth-order valence-corrected chi connectivity index (χ4v) is 3.04. The van der Waals surface area contributed by atoms with Gasteiger partial charge in [-0.2, -0.15) is 0 Å². The first-order valence-electron chi connectivity index (χ1n) is 7.29. The van der Waals surface area contributed by atoms with Crippen LogP contribution in [0.5, 0.6) is 0 Å². The molecule has 1 aliphatic heterocycles. The number of hydrogen-bond acceptors (Lipinski definition) is 2. The highest BCUT2D eigenvalue weighted by atomic mass is 79.9. The van der Waals surface area contributed by atoms with Crippen molar-refractivity contribution in [3.63, 3.8) is 0 Å². The summed E-state index contributed by atoms with van der Waals surface area (Å²) in [5.41, 5.74) is 1.18. The average molecular weight is 353 g/mol. The molecule has 2 amide bonds. The molecule has 2 rings (SSSR count). The summed E-state index contributed by atoms with van der Waals surface area (Å²) in [5, 5.41) is 3.03. The van der Waals surface area contributed by atoms with Crippen molar-refractivity contribution in [1.82, 2.24) is 10.2 Å². The molecule has 1 heterocycles. The molecule has 0 unspecified atom stereocenters. The van der Waals surface area contributed by atoms with E-state index < -0.39 is 0 Å². The second-order valence-electron chi connectivity index (χ2n) is 5.61. The van der Waals surface area contributed by atoms with Gasteiger partial charge in [0.25, 0.3) is 0 Å². The molecule has 0 aromatic heterocycles. The van der Waals surface area contributed by atoms with Crippen LogP contribution >= 0.6 is 15.9 Å². The third-order valence-corrected chi connectivity index (χ3v) is 4.33. The van der Waals surface area contributed by atoms with E-state index in [-0.39, 0.29) is 23.9 Å². The van der Waals surface area contributed by atoms with Gasteiger partial charge in [-0.1, -0.05) is 28.1 Å². The lowest BCUT2D eigenvalue weighted by Crippen LogP contribution is -2.48. The Balaban J connectivity index is 1.90. The van der Waals surface area contributed by atoms with Crippen molar-refractivity contribution in [1.29, 1.82) is 0 Å². The van der Waals surface area contributed by atoms with Gasteiger partial charge in [-0.15, -0.1) is 0 Å². The zero-order chi connectivity index (χ0) is 15.4. The molecule has 1 aliphatic rings. The van der Waals surface area contributed by atoms with Crippen LogP contribution in [0.4, 0.5) is 0 Å². The first kappa shape index (κ1) is 16.0. The van der Waals surface area contributed by atoms with Gasteiger partial charge in [0.2, 0.25) is 11.8 Å². The number of nitrogens with one attached hydrogen (secondary N) is 1. The highest BCUT2D eigenvalue weighted by molar-refractivity contribution is 9.10. The molecule has 1 N–H and O–H groups in total. The molecule has 0 bridgehead atoms. The zero-order valence-electron chi connectivity index (χ0n) is 12.4. The molecule has 2 atom stereocenters. The van der Waals surface area contributed by atoms with E-state index in [1.54, 1.807) is 4.90 Å². The fourth-order valence-electron chi connectivity index (χ4n) is 2.78. The van der Waals surface area contributed by atoms with Crippen LogP contribution in [-0.2, 0) is 16.0 Å². The topological polar surface area (TPSA) is 49.4 Å². The minimum atomic E-state index is -0.296. The predicted octanol–water partition coefficient (Wildman–Crippen LogP) is 2.51. The second kappa shape index (κ2) is 7.07. The van der Waals surface area contributed by atoms with Crippen molar-refractivity contribution in [2.75, 3.05) is 6.54 Å². The Bertz CT molecular complexity index is 516. The van der Waals surface area contributed by atoms with E-state index in [1.807, 2.05) is 31.2 Å². The quantitative estimate of drug-likeness (QED) is 0.904. The second-order valence-corrected chi connectivity index (χ2v) is 6.53. The average Bonchev–Trinajstić information content (AvgIpc) is 2.91. The van der Waals surface area contributed by atoms with Crippen LogP contribution in [0, 0.1) is 0 Å². The fraction of sp³-hybridized carbons (Fsp3) is 0.500. The van der Waals surface area contributed by atoms with E-state index in [4.69, 9.17) is 0 Å². The maximum atomic E-state index is 12.3. The molecule has 1 saturated heterocycles. The van der Waals surface area contributed by atoms with E-state index in [2.05, 4.69) is 21.2 Å². The maximum Gasteiger partial charge on any atom is 0.243 e. The van der Waals surface area contributed by atoms with E-state index in [0.717, 1.165) is 23.7 Å². The van der Waals surface area contributed by atoms with Gasteiger partial charge in [0.15, 0.2) is 0 Å². The Kier molecular flexibility index (Phi) is 5.39. The van der Waals surface area contributed by atoms with Gasteiger partial charge in [0.05, 0.1) is 0 Å². The molecule has 21 heavy (non-hydrogen) atoms. The minimum Gasteiger partial charge on any atom is -0.352 e. The third kappa shape index (κ3) is 4.30. The monoisotopic (exact) mass is 352 g/mol. The van der Waals surface area contributed by atoms with Crippen LogP contribution in [-0.4, -0.2) is 35.3 Å². The van der Waals surface area contributed by atoms with E-state index in [0.29, 0.717) is 6.54 Å². The van der Waals surface area contributed by atoms with Crippen molar-refractivity contribution in [2.24, 2.45) is 0 Å². The lowest BCUT2D eigenvalue weighted by Gasteiger charge is -2.24. The molecule has 1 aromatic carbocycles. The first-order valence-corrected chi connectivity index (χ1v) is 8.08. The number of carbonyl (C=O) groups excluding carboxylic acids is 2. The number of nitrogens with zero attached hydrogens (tertiary/aromatic N) is 1. The van der Waals surface area contributed by atoms with Crippen LogP contribution in [0.15, 0.2) is 28.7 Å². The third-order valence-electron chi connectivity index (χ3n) is 3.80. The molecule has 1 aromatic rings. The minimum absolute atomic E-state index is 0.0202. The van der Waals surface area contributed by atoms with Crippen molar-refractivity contribution >= 4 is 27.7 Å². The van der Waals surface area contributed by atoms with Crippen LogP contribution < -0.4 is 5.32 Å². The Hall–Kier alpha value is -1.36. The molecule has 4 nitrogen and oxygen atoms in total. The molecule has 0 radical (unpaired) electrons. The van der Waals surface area contributed by atoms with Gasteiger partial charge < -0.3 is 10.2 Å². The summed E-state index contributed by atoms with van der Waals surface area (Å²) in [6.45, 7) is 4.21. The van der Waals surface area contributed by atoms with E-state index in [1.165, 1.54) is 12.5 Å². The highest BCUT2D eigenvalue weighted by Gasteiger charge is 2.32. The molecule has 0 spiro atoms. The summed E-state index contributed by atoms with van der Waals surface area (Å²) in [7, 11) is 0. The number of amides is 2. The zero-order valence-corrected chi connectivity index (χ0v) is 14.0. The van der Waals surface area contributed by atoms with Crippen LogP contribution in [0.3, 0.4) is 0 Å². The number of benzene rings is 1. The summed E-state index contributed by atoms with van der Waals surface area (Å²) in [6.07, 6.45) is 2.45. The van der Waals surface area contributed by atoms with Gasteiger partial charge in [-0.3, -0.25) is 9.59 Å². The Labute approximate surface area is 134 Å². The van der Waals surface area contributed by atoms with Crippen molar-refractivity contribution in [3.8, 4) is 0 Å². The van der Waals surface area contributed by atoms with Gasteiger partial charge in [-0.25, -0.2) is 0 Å². The van der Waals surface area contributed by atoms with Crippen molar-refractivity contribution in [3.05, 3.63) is 34.3 Å². The van der Waals surface area contributed by atoms with Crippen molar-refractivity contribution < 1.29 is 9.59 Å².